The van der Waals surface area contributed by atoms with Gasteiger partial charge in [0.1, 0.15) is 0 Å². The van der Waals surface area contributed by atoms with Crippen molar-refractivity contribution in [3.8, 4) is 22.5 Å². The summed E-state index contributed by atoms with van der Waals surface area (Å²) >= 11 is 0. The second kappa shape index (κ2) is 7.99. The number of hydrogen-bond donors (Lipinski definition) is 0. The minimum atomic E-state index is -3.39. The molecule has 2 nitrogen and oxygen atoms in total. The maximum Gasteiger partial charge on any atom is 0.0648 e. The zero-order valence-corrected chi connectivity index (χ0v) is 20.9. The largest absolute Gasteiger partial charge is 0.309 e. The Morgan fingerprint density at radius 1 is 0.488 bits per heavy atom. The molecule has 0 amide bonds. The highest BCUT2D eigenvalue weighted by molar-refractivity contribution is 6.10. The van der Waals surface area contributed by atoms with Gasteiger partial charge in [-0.3, -0.25) is 0 Å². The Morgan fingerprint density at radius 2 is 0.829 bits per heavy atom. The third-order valence-corrected chi connectivity index (χ3v) is 7.36. The van der Waals surface area contributed by atoms with Crippen molar-refractivity contribution in [1.82, 2.24) is 9.13 Å². The maximum atomic E-state index is 9.84. The van der Waals surface area contributed by atoms with Crippen molar-refractivity contribution in [2.75, 3.05) is 0 Å². The molecular formula is C39H28N2. The van der Waals surface area contributed by atoms with Gasteiger partial charge in [0.2, 0.25) is 0 Å². The first-order chi connectivity index (χ1) is 30.5. The number of aromatic nitrogens is 2. The predicted octanol–water partition coefficient (Wildman–Crippen LogP) is 10.2. The van der Waals surface area contributed by atoms with Crippen LogP contribution in [0.3, 0.4) is 0 Å². The van der Waals surface area contributed by atoms with Crippen LogP contribution in [0.15, 0.2) is 133 Å². The Bertz CT molecular complexity index is 3290. The van der Waals surface area contributed by atoms with Crippen LogP contribution in [0.1, 0.15) is 59.2 Å². The molecule has 9 rings (SSSR count). The molecule has 0 aliphatic heterocycles. The van der Waals surface area contributed by atoms with E-state index < -0.39 is 222 Å². The zero-order valence-electron chi connectivity index (χ0n) is 45.9. The molecule has 1 aliphatic carbocycles. The van der Waals surface area contributed by atoms with Gasteiger partial charge >= 0.3 is 0 Å². The molecule has 2 heterocycles. The Balaban J connectivity index is 1.51. The number of benzene rings is 6. The Morgan fingerprint density at radius 3 is 1.17 bits per heavy atom. The van der Waals surface area contributed by atoms with E-state index in [9.17, 15) is 8.22 Å². The fourth-order valence-corrected chi connectivity index (χ4v) is 5.56. The Hall–Kier alpha value is -5.08. The second-order valence-corrected chi connectivity index (χ2v) is 9.64. The molecule has 8 aromatic rings. The summed E-state index contributed by atoms with van der Waals surface area (Å²) in [5.41, 5.74) is -8.85. The van der Waals surface area contributed by atoms with Gasteiger partial charge in [-0.15, -0.1) is 0 Å². The van der Waals surface area contributed by atoms with Crippen LogP contribution < -0.4 is 0 Å². The van der Waals surface area contributed by atoms with E-state index in [2.05, 4.69) is 0 Å². The topological polar surface area (TPSA) is 9.86 Å². The van der Waals surface area contributed by atoms with Gasteiger partial charge < -0.3 is 9.13 Å². The Labute approximate surface area is 273 Å². The number of hydrogen-bond acceptors (Lipinski definition) is 0. The minimum absolute atomic E-state index is 0.441. The predicted molar refractivity (Wildman–Crippen MR) is 173 cm³/mol. The van der Waals surface area contributed by atoms with Gasteiger partial charge in [-0.2, -0.15) is 0 Å². The van der Waals surface area contributed by atoms with E-state index in [1.54, 1.807) is 0 Å². The van der Waals surface area contributed by atoms with E-state index in [0.717, 1.165) is 16.1 Å². The molecule has 0 atom stereocenters. The monoisotopic (exact) mass is 549 g/mol. The summed E-state index contributed by atoms with van der Waals surface area (Å²) in [6.45, 7) is -2.35. The van der Waals surface area contributed by atoms with E-state index in [0.29, 0.717) is 0 Å². The van der Waals surface area contributed by atoms with Gasteiger partial charge in [0.25, 0.3) is 0 Å². The highest BCUT2D eigenvalue weighted by Crippen LogP contribution is 2.50. The lowest BCUT2D eigenvalue weighted by molar-refractivity contribution is 0.659. The normalized spacial score (nSPS) is 22.7. The third kappa shape index (κ3) is 2.97. The third-order valence-electron chi connectivity index (χ3n) is 7.36. The van der Waals surface area contributed by atoms with Crippen LogP contribution in [0.25, 0.3) is 66.1 Å². The quantitative estimate of drug-likeness (QED) is 0.203. The van der Waals surface area contributed by atoms with Gasteiger partial charge in [0.05, 0.1) is 52.2 Å². The van der Waals surface area contributed by atoms with Crippen molar-refractivity contribution in [2.45, 2.75) is 19.2 Å². The highest BCUT2D eigenvalue weighted by atomic mass is 15.0. The average Bonchev–Trinajstić information content (AvgIpc) is 3.90. The van der Waals surface area contributed by atoms with E-state index in [1.807, 2.05) is 0 Å². The molecule has 2 aromatic heterocycles. The van der Waals surface area contributed by atoms with E-state index in [4.69, 9.17) is 26.0 Å². The second-order valence-electron chi connectivity index (χ2n) is 9.64. The molecule has 6 aromatic carbocycles. The minimum Gasteiger partial charge on any atom is -0.309 e. The van der Waals surface area contributed by atoms with Crippen LogP contribution in [0.4, 0.5) is 0 Å². The molecule has 1 aliphatic rings. The smallest absolute Gasteiger partial charge is 0.0648 e. The molecule has 0 N–H and O–H groups in total. The van der Waals surface area contributed by atoms with Gasteiger partial charge in [-0.1, -0.05) is 98.4 Å². The van der Waals surface area contributed by atoms with E-state index in [1.165, 1.54) is 0 Å². The number of nitrogens with zero attached hydrogens (tertiary/aromatic N) is 2. The summed E-state index contributed by atoms with van der Waals surface area (Å²) in [4.78, 5) is 0. The first-order valence-corrected chi connectivity index (χ1v) is 12.3. The summed E-state index contributed by atoms with van der Waals surface area (Å²) in [5, 5.41) is -1.77. The standard InChI is InChI=1S/C39H28N2/c1-39(2)33-23-25(40-35-15-7-3-11-29(35)30-12-4-8-16-36(30)40)19-21-27(33)28-22-20-26(24-34(28)39)41-37-17-9-5-13-31(37)32-14-6-10-18-38(32)41/h3-24H,1-2H3/i1D3,3D,4D,5D,6D,7D,8D,9D,10D,11D,12D,13D,14D,15D,16D,17D,18D,19D,20D,21D,22D,23D,24D. The lowest BCUT2D eigenvalue weighted by atomic mass is 9.82. The molecule has 0 bridgehead atoms. The SMILES string of the molecule is [2H]c1c([2H])c(-n2c3c([2H])c([2H])c([2H])c([2H])c3c3c([2H])c([2H])c([2H])c([2H])c32)c([2H])c2c1-c1c([2H])c([2H])c(-n3c4c([2H])c([2H])c([2H])c([2H])c4c4c([2H])c([2H])c([2H])c([2H])c43)c([2H])c1C2(C)C([2H])([2H])[2H]. The molecule has 0 radical (unpaired) electrons. The van der Waals surface area contributed by atoms with Crippen LogP contribution in [-0.2, 0) is 5.41 Å². The number of fused-ring (bicyclic) bond motifs is 9. The Kier molecular flexibility index (Phi) is 1.80. The first-order valence-electron chi connectivity index (χ1n) is 24.8. The number of para-hydroxylation sites is 4. The van der Waals surface area contributed by atoms with Gasteiger partial charge in [0, 0.05) is 42.4 Å². The maximum absolute atomic E-state index is 9.84. The summed E-state index contributed by atoms with van der Waals surface area (Å²) in [7, 11) is 0. The summed E-state index contributed by atoms with van der Waals surface area (Å²) < 4.78 is 225. The molecular weight excluding hydrogens is 496 g/mol. The van der Waals surface area contributed by atoms with Crippen molar-refractivity contribution in [2.24, 2.45) is 0 Å². The van der Waals surface area contributed by atoms with Gasteiger partial charge in [0.15, 0.2) is 0 Å². The van der Waals surface area contributed by atoms with E-state index in [-0.39, 0.29) is 0 Å². The first kappa shape index (κ1) is 9.22. The average molecular weight is 550 g/mol. The van der Waals surface area contributed by atoms with Crippen molar-refractivity contribution in [3.63, 3.8) is 0 Å². The van der Waals surface area contributed by atoms with Crippen LogP contribution in [-0.4, -0.2) is 9.13 Å². The number of rotatable bonds is 2. The molecule has 0 fully saturated rings. The highest BCUT2D eigenvalue weighted by Gasteiger charge is 2.36. The summed E-state index contributed by atoms with van der Waals surface area (Å²) in [5.74, 6) is 0. The van der Waals surface area contributed by atoms with Crippen LogP contribution in [0.2, 0.25) is 0 Å². The lowest BCUT2D eigenvalue weighted by Gasteiger charge is -2.23. The van der Waals surface area contributed by atoms with Crippen molar-refractivity contribution in [1.29, 1.82) is 0 Å². The fraction of sp³-hybridized carbons (Fsp3) is 0.0769. The van der Waals surface area contributed by atoms with Crippen molar-refractivity contribution >= 4 is 43.6 Å². The van der Waals surface area contributed by atoms with Gasteiger partial charge in [-0.05, 0) is 70.6 Å². The van der Waals surface area contributed by atoms with Crippen molar-refractivity contribution in [3.05, 3.63) is 144 Å². The van der Waals surface area contributed by atoms with Crippen LogP contribution in [0, 0.1) is 0 Å². The molecule has 41 heavy (non-hydrogen) atoms. The molecule has 0 spiro atoms. The summed E-state index contributed by atoms with van der Waals surface area (Å²) in [6.07, 6.45) is 0. The zero-order chi connectivity index (χ0) is 48.9. The molecule has 0 saturated heterocycles. The molecule has 0 saturated carbocycles. The molecule has 194 valence electrons. The van der Waals surface area contributed by atoms with Crippen molar-refractivity contribution < 1.29 is 34.3 Å². The lowest BCUT2D eigenvalue weighted by Crippen LogP contribution is -2.16. The van der Waals surface area contributed by atoms with Crippen LogP contribution in [0.5, 0.6) is 0 Å². The molecule has 2 heteroatoms. The molecule has 0 unspecified atom stereocenters. The fourth-order valence-electron chi connectivity index (χ4n) is 5.56. The van der Waals surface area contributed by atoms with Crippen LogP contribution >= 0.6 is 0 Å². The van der Waals surface area contributed by atoms with Gasteiger partial charge in [-0.25, -0.2) is 0 Å². The summed E-state index contributed by atoms with van der Waals surface area (Å²) in [6, 6.07) is -18.4. The van der Waals surface area contributed by atoms with E-state index >= 15 is 0 Å².